The number of methoxy groups -OCH3 is 1. The number of ether oxygens (including phenoxy) is 1. The first kappa shape index (κ1) is 22.3. The number of hydrogen-bond donors (Lipinski definition) is 1. The van der Waals surface area contributed by atoms with Crippen molar-refractivity contribution in [3.8, 4) is 5.75 Å². The molecule has 2 saturated carbocycles. The summed E-state index contributed by atoms with van der Waals surface area (Å²) in [5, 5.41) is 4.94. The number of nitrogens with one attached hydrogen (secondary N) is 1. The van der Waals surface area contributed by atoms with Crippen LogP contribution in [0.4, 0.5) is 5.69 Å². The van der Waals surface area contributed by atoms with Gasteiger partial charge in [-0.25, -0.2) is 0 Å². The van der Waals surface area contributed by atoms with Crippen LogP contribution in [0.5, 0.6) is 5.75 Å². The van der Waals surface area contributed by atoms with Crippen molar-refractivity contribution >= 4 is 46.3 Å². The lowest BCUT2D eigenvalue weighted by Gasteiger charge is -2.40. The van der Waals surface area contributed by atoms with E-state index in [4.69, 9.17) is 16.3 Å². The van der Waals surface area contributed by atoms with E-state index >= 15 is 0 Å². The van der Waals surface area contributed by atoms with Gasteiger partial charge in [0.15, 0.2) is 0 Å². The molecule has 1 aliphatic heterocycles. The summed E-state index contributed by atoms with van der Waals surface area (Å²) in [5.41, 5.74) is 1.83. The van der Waals surface area contributed by atoms with Gasteiger partial charge < -0.3 is 10.1 Å². The van der Waals surface area contributed by atoms with Gasteiger partial charge in [0.05, 0.1) is 12.1 Å². The molecule has 2 aliphatic carbocycles. The van der Waals surface area contributed by atoms with Crippen molar-refractivity contribution in [1.82, 2.24) is 4.57 Å². The number of carbonyl (C=O) groups excluding carboxylic acids is 1. The second kappa shape index (κ2) is 8.77. The molecule has 2 bridgehead atoms. The molecule has 8 heteroatoms. The van der Waals surface area contributed by atoms with Crippen LogP contribution in [-0.2, 0) is 11.3 Å². The topological polar surface area (TPSA) is 60.3 Å². The standard InChI is InChI=1S/C26H25ClN2O3S2/c1-32-19-5-3-2-4-18(19)22-21-14-6-7-15(12-14)23(21)33-25-24(22)34-26(31)29(25)13-20(30)28-17-10-8-16(27)9-11-17/h2-5,8-11,14-15,21-23H,6-7,12-13H2,1H3,(H,28,30)/t14?,15?,21?,22-,23?/m0/s1. The highest BCUT2D eigenvalue weighted by molar-refractivity contribution is 8.00. The first-order chi connectivity index (χ1) is 16.5. The van der Waals surface area contributed by atoms with Crippen LogP contribution in [0.25, 0.3) is 0 Å². The van der Waals surface area contributed by atoms with Crippen molar-refractivity contribution in [2.75, 3.05) is 12.4 Å². The number of halogens is 1. The number of thiazole rings is 1. The molecule has 0 radical (unpaired) electrons. The lowest BCUT2D eigenvalue weighted by molar-refractivity contribution is -0.116. The molecule has 0 spiro atoms. The highest BCUT2D eigenvalue weighted by Gasteiger charge is 2.55. The summed E-state index contributed by atoms with van der Waals surface area (Å²) in [6.07, 6.45) is 3.80. The Morgan fingerprint density at radius 1 is 1.15 bits per heavy atom. The van der Waals surface area contributed by atoms with Crippen LogP contribution < -0.4 is 14.9 Å². The van der Waals surface area contributed by atoms with Gasteiger partial charge in [-0.05, 0) is 67.3 Å². The highest BCUT2D eigenvalue weighted by Crippen LogP contribution is 2.64. The first-order valence-electron chi connectivity index (χ1n) is 11.6. The number of para-hydroxylation sites is 1. The van der Waals surface area contributed by atoms with Gasteiger partial charge in [0.25, 0.3) is 0 Å². The third-order valence-electron chi connectivity index (χ3n) is 7.59. The van der Waals surface area contributed by atoms with E-state index in [1.807, 2.05) is 23.9 Å². The molecule has 1 N–H and O–H groups in total. The minimum Gasteiger partial charge on any atom is -0.496 e. The Kier molecular flexibility index (Phi) is 5.74. The van der Waals surface area contributed by atoms with Crippen molar-refractivity contribution in [2.45, 2.75) is 42.0 Å². The molecule has 6 rings (SSSR count). The second-order valence-electron chi connectivity index (χ2n) is 9.39. The van der Waals surface area contributed by atoms with Gasteiger partial charge in [-0.2, -0.15) is 0 Å². The zero-order chi connectivity index (χ0) is 23.4. The molecule has 1 amide bonds. The number of thioether (sulfide) groups is 1. The number of amides is 1. The molecule has 1 aromatic heterocycles. The third kappa shape index (κ3) is 3.69. The van der Waals surface area contributed by atoms with Gasteiger partial charge in [-0.1, -0.05) is 41.1 Å². The van der Waals surface area contributed by atoms with Crippen molar-refractivity contribution in [3.05, 3.63) is 73.7 Å². The Morgan fingerprint density at radius 3 is 2.71 bits per heavy atom. The Hall–Kier alpha value is -2.22. The number of anilines is 1. The van der Waals surface area contributed by atoms with Crippen LogP contribution in [0.2, 0.25) is 5.02 Å². The Balaban J connectivity index is 1.38. The van der Waals surface area contributed by atoms with E-state index in [0.29, 0.717) is 33.7 Å². The smallest absolute Gasteiger partial charge is 0.308 e. The van der Waals surface area contributed by atoms with Gasteiger partial charge >= 0.3 is 4.87 Å². The largest absolute Gasteiger partial charge is 0.496 e. The summed E-state index contributed by atoms with van der Waals surface area (Å²) in [6.45, 7) is 0.00438. The average Bonchev–Trinajstić information content (AvgIpc) is 3.54. The van der Waals surface area contributed by atoms with Crippen LogP contribution in [0.3, 0.4) is 0 Å². The van der Waals surface area contributed by atoms with Crippen molar-refractivity contribution < 1.29 is 9.53 Å². The maximum Gasteiger partial charge on any atom is 0.308 e. The molecule has 0 saturated heterocycles. The number of carbonyl (C=O) groups is 1. The molecule has 4 unspecified atom stereocenters. The fourth-order valence-corrected chi connectivity index (χ4v) is 9.50. The lowest BCUT2D eigenvalue weighted by atomic mass is 9.74. The van der Waals surface area contributed by atoms with E-state index in [-0.39, 0.29) is 23.2 Å². The number of aromatic nitrogens is 1. The number of rotatable bonds is 5. The quantitative estimate of drug-likeness (QED) is 0.465. The van der Waals surface area contributed by atoms with Gasteiger partial charge in [0, 0.05) is 32.3 Å². The zero-order valence-electron chi connectivity index (χ0n) is 18.7. The predicted octanol–water partition coefficient (Wildman–Crippen LogP) is 5.86. The van der Waals surface area contributed by atoms with Gasteiger partial charge in [0.2, 0.25) is 5.91 Å². The van der Waals surface area contributed by atoms with E-state index in [1.165, 1.54) is 30.6 Å². The van der Waals surface area contributed by atoms with E-state index < -0.39 is 0 Å². The zero-order valence-corrected chi connectivity index (χ0v) is 21.1. The molecule has 5 atom stereocenters. The summed E-state index contributed by atoms with van der Waals surface area (Å²) in [6, 6.07) is 15.2. The van der Waals surface area contributed by atoms with Gasteiger partial charge in [0.1, 0.15) is 12.3 Å². The average molecular weight is 513 g/mol. The molecule has 176 valence electrons. The third-order valence-corrected chi connectivity index (χ3v) is 10.7. The Labute approximate surface area is 211 Å². The summed E-state index contributed by atoms with van der Waals surface area (Å²) in [4.78, 5) is 27.1. The molecule has 34 heavy (non-hydrogen) atoms. The number of benzene rings is 2. The molecule has 5 nitrogen and oxygen atoms in total. The normalized spacial score (nSPS) is 26.7. The highest BCUT2D eigenvalue weighted by atomic mass is 35.5. The van der Waals surface area contributed by atoms with Crippen LogP contribution >= 0.6 is 34.7 Å². The van der Waals surface area contributed by atoms with E-state index in [0.717, 1.165) is 21.2 Å². The van der Waals surface area contributed by atoms with Crippen LogP contribution in [0, 0.1) is 17.8 Å². The SMILES string of the molecule is COc1ccccc1[C@@H]1c2sc(=O)n(CC(=O)Nc3ccc(Cl)cc3)c2SC2C3CCC(C3)C21. The Bertz CT molecular complexity index is 1300. The molecule has 2 fully saturated rings. The second-order valence-corrected chi connectivity index (χ2v) is 12.0. The molecular weight excluding hydrogens is 488 g/mol. The maximum atomic E-state index is 13.2. The summed E-state index contributed by atoms with van der Waals surface area (Å²) in [5.74, 6) is 2.66. The van der Waals surface area contributed by atoms with Gasteiger partial charge in [-0.15, -0.1) is 11.8 Å². The minimum atomic E-state index is -0.213. The lowest BCUT2D eigenvalue weighted by Crippen LogP contribution is -2.35. The van der Waals surface area contributed by atoms with Crippen molar-refractivity contribution in [2.24, 2.45) is 17.8 Å². The molecule has 3 aromatic rings. The van der Waals surface area contributed by atoms with E-state index in [9.17, 15) is 9.59 Å². The summed E-state index contributed by atoms with van der Waals surface area (Å²) >= 11 is 9.09. The molecule has 2 aromatic carbocycles. The van der Waals surface area contributed by atoms with E-state index in [2.05, 4.69) is 17.4 Å². The minimum absolute atomic E-state index is 0.00438. The molecular formula is C26H25ClN2O3S2. The van der Waals surface area contributed by atoms with Crippen molar-refractivity contribution in [1.29, 1.82) is 0 Å². The number of fused-ring (bicyclic) bond motifs is 6. The van der Waals surface area contributed by atoms with Crippen LogP contribution in [0.1, 0.15) is 35.6 Å². The number of hydrogen-bond acceptors (Lipinski definition) is 5. The first-order valence-corrected chi connectivity index (χ1v) is 13.7. The van der Waals surface area contributed by atoms with Gasteiger partial charge in [-0.3, -0.25) is 14.2 Å². The van der Waals surface area contributed by atoms with Crippen molar-refractivity contribution in [3.63, 3.8) is 0 Å². The molecule has 3 aliphatic rings. The fraction of sp³-hybridized carbons (Fsp3) is 0.385. The maximum absolute atomic E-state index is 13.2. The van der Waals surface area contributed by atoms with E-state index in [1.54, 1.807) is 35.9 Å². The molecule has 2 heterocycles. The summed E-state index contributed by atoms with van der Waals surface area (Å²) < 4.78 is 7.44. The predicted molar refractivity (Wildman–Crippen MR) is 137 cm³/mol. The van der Waals surface area contributed by atoms with Crippen LogP contribution in [-0.4, -0.2) is 22.8 Å². The summed E-state index contributed by atoms with van der Waals surface area (Å²) in [7, 11) is 1.71. The monoisotopic (exact) mass is 512 g/mol. The Morgan fingerprint density at radius 2 is 1.91 bits per heavy atom. The van der Waals surface area contributed by atoms with Crippen LogP contribution in [0.15, 0.2) is 58.4 Å². The fourth-order valence-electron chi connectivity index (χ4n) is 6.24. The number of nitrogens with zero attached hydrogens (tertiary/aromatic N) is 1.